The lowest BCUT2D eigenvalue weighted by atomic mass is 9.90. The molecule has 0 amide bonds. The molecule has 0 aromatic carbocycles. The normalized spacial score (nSPS) is 36.5. The largest absolute Gasteiger partial charge is 0.373 e. The highest BCUT2D eigenvalue weighted by Gasteiger charge is 2.49. The summed E-state index contributed by atoms with van der Waals surface area (Å²) in [4.78, 5) is 11.0. The fraction of sp³-hybridized carbons (Fsp3) is 0.875. The molecular weight excluding hydrogens is 144 g/mol. The third kappa shape index (κ3) is 1.30. The molecular formula is C8H14O3. The maximum Gasteiger partial charge on any atom is 0.164 e. The highest BCUT2D eigenvalue weighted by atomic mass is 16.6. The van der Waals surface area contributed by atoms with Crippen LogP contribution >= 0.6 is 0 Å². The molecule has 0 N–H and O–H groups in total. The Hall–Kier alpha value is -0.410. The summed E-state index contributed by atoms with van der Waals surface area (Å²) in [6.45, 7) is 6.41. The van der Waals surface area contributed by atoms with Crippen LogP contribution in [0.1, 0.15) is 20.8 Å². The van der Waals surface area contributed by atoms with Crippen molar-refractivity contribution in [2.75, 3.05) is 13.2 Å². The molecule has 1 saturated heterocycles. The average Bonchev–Trinajstić information content (AvgIpc) is 1.96. The molecule has 0 aromatic rings. The molecule has 0 radical (unpaired) electrons. The predicted octanol–water partition coefficient (Wildman–Crippen LogP) is 0.769. The average molecular weight is 158 g/mol. The second-order valence-corrected chi connectivity index (χ2v) is 2.92. The summed E-state index contributed by atoms with van der Waals surface area (Å²) in [5, 5.41) is 0. The van der Waals surface area contributed by atoms with Crippen molar-refractivity contribution in [2.45, 2.75) is 32.5 Å². The van der Waals surface area contributed by atoms with Gasteiger partial charge in [0.1, 0.15) is 6.10 Å². The number of hydrogen-bond donors (Lipinski definition) is 0. The fourth-order valence-corrected chi connectivity index (χ4v) is 1.14. The van der Waals surface area contributed by atoms with Crippen LogP contribution in [0.25, 0.3) is 0 Å². The van der Waals surface area contributed by atoms with Crippen molar-refractivity contribution in [3.8, 4) is 0 Å². The Balaban J connectivity index is 2.52. The van der Waals surface area contributed by atoms with Gasteiger partial charge in [0.15, 0.2) is 11.4 Å². The van der Waals surface area contributed by atoms with Gasteiger partial charge in [0.25, 0.3) is 0 Å². The van der Waals surface area contributed by atoms with Gasteiger partial charge in [0, 0.05) is 6.61 Å². The molecule has 2 atom stereocenters. The van der Waals surface area contributed by atoms with E-state index in [1.54, 1.807) is 6.92 Å². The van der Waals surface area contributed by atoms with Crippen molar-refractivity contribution < 1.29 is 14.3 Å². The van der Waals surface area contributed by atoms with Gasteiger partial charge in [0.05, 0.1) is 6.61 Å². The van der Waals surface area contributed by atoms with Gasteiger partial charge in [-0.3, -0.25) is 4.79 Å². The number of Topliss-reactive ketones (excluding diaryl/α,β-unsaturated/α-hetero) is 1. The van der Waals surface area contributed by atoms with Crippen molar-refractivity contribution in [2.24, 2.45) is 0 Å². The van der Waals surface area contributed by atoms with Crippen LogP contribution in [0.3, 0.4) is 0 Å². The van der Waals surface area contributed by atoms with E-state index in [1.165, 1.54) is 6.92 Å². The zero-order valence-electron chi connectivity index (χ0n) is 7.22. The number of carbonyl (C=O) groups is 1. The molecule has 1 heterocycles. The van der Waals surface area contributed by atoms with E-state index in [9.17, 15) is 4.79 Å². The molecule has 0 aliphatic carbocycles. The predicted molar refractivity (Wildman–Crippen MR) is 40.5 cm³/mol. The van der Waals surface area contributed by atoms with E-state index in [0.717, 1.165) is 0 Å². The summed E-state index contributed by atoms with van der Waals surface area (Å²) in [6.07, 6.45) is -0.0370. The van der Waals surface area contributed by atoms with Crippen LogP contribution in [0.5, 0.6) is 0 Å². The molecule has 1 fully saturated rings. The number of hydrogen-bond acceptors (Lipinski definition) is 3. The quantitative estimate of drug-likeness (QED) is 0.608. The molecule has 0 spiro atoms. The second-order valence-electron chi connectivity index (χ2n) is 2.92. The smallest absolute Gasteiger partial charge is 0.164 e. The molecule has 0 aromatic heterocycles. The lowest BCUT2D eigenvalue weighted by Crippen LogP contribution is -2.61. The highest BCUT2D eigenvalue weighted by Crippen LogP contribution is 2.29. The summed E-state index contributed by atoms with van der Waals surface area (Å²) in [5.74, 6) is 0.0437. The zero-order chi connectivity index (χ0) is 8.48. The van der Waals surface area contributed by atoms with Gasteiger partial charge in [-0.15, -0.1) is 0 Å². The minimum absolute atomic E-state index is 0.0370. The van der Waals surface area contributed by atoms with Gasteiger partial charge in [-0.25, -0.2) is 0 Å². The summed E-state index contributed by atoms with van der Waals surface area (Å²) in [5.41, 5.74) is -0.671. The van der Waals surface area contributed by atoms with Crippen LogP contribution in [0.15, 0.2) is 0 Å². The lowest BCUT2D eigenvalue weighted by molar-refractivity contribution is -0.236. The van der Waals surface area contributed by atoms with Crippen molar-refractivity contribution in [1.29, 1.82) is 0 Å². The zero-order valence-corrected chi connectivity index (χ0v) is 7.22. The first-order valence-electron chi connectivity index (χ1n) is 3.88. The van der Waals surface area contributed by atoms with E-state index in [2.05, 4.69) is 0 Å². The van der Waals surface area contributed by atoms with Crippen molar-refractivity contribution >= 4 is 5.78 Å². The fourth-order valence-electron chi connectivity index (χ4n) is 1.14. The van der Waals surface area contributed by atoms with E-state index in [4.69, 9.17) is 9.47 Å². The first-order valence-corrected chi connectivity index (χ1v) is 3.88. The topological polar surface area (TPSA) is 35.5 Å². The van der Waals surface area contributed by atoms with Crippen LogP contribution in [0.4, 0.5) is 0 Å². The molecule has 3 heteroatoms. The molecule has 0 bridgehead atoms. The summed E-state index contributed by atoms with van der Waals surface area (Å²) in [6, 6.07) is 0. The van der Waals surface area contributed by atoms with Crippen LogP contribution in [-0.4, -0.2) is 30.7 Å². The summed E-state index contributed by atoms with van der Waals surface area (Å²) >= 11 is 0. The SMILES string of the molecule is CCO[C@@H]1CO[C@@]1(C)C(C)=O. The van der Waals surface area contributed by atoms with E-state index >= 15 is 0 Å². The van der Waals surface area contributed by atoms with Crippen LogP contribution in [-0.2, 0) is 14.3 Å². The van der Waals surface area contributed by atoms with Crippen molar-refractivity contribution in [1.82, 2.24) is 0 Å². The van der Waals surface area contributed by atoms with Crippen LogP contribution < -0.4 is 0 Å². The minimum atomic E-state index is -0.671. The maximum atomic E-state index is 11.0. The van der Waals surface area contributed by atoms with E-state index in [-0.39, 0.29) is 11.9 Å². The molecule has 0 unspecified atom stereocenters. The van der Waals surface area contributed by atoms with Gasteiger partial charge >= 0.3 is 0 Å². The molecule has 64 valence electrons. The third-order valence-corrected chi connectivity index (χ3v) is 2.22. The Morgan fingerprint density at radius 1 is 1.82 bits per heavy atom. The maximum absolute atomic E-state index is 11.0. The van der Waals surface area contributed by atoms with Gasteiger partial charge < -0.3 is 9.47 Å². The van der Waals surface area contributed by atoms with E-state index in [0.29, 0.717) is 13.2 Å². The molecule has 1 aliphatic rings. The van der Waals surface area contributed by atoms with E-state index < -0.39 is 5.60 Å². The molecule has 3 nitrogen and oxygen atoms in total. The van der Waals surface area contributed by atoms with Gasteiger partial charge in [-0.05, 0) is 20.8 Å². The molecule has 11 heavy (non-hydrogen) atoms. The third-order valence-electron chi connectivity index (χ3n) is 2.22. The highest BCUT2D eigenvalue weighted by molar-refractivity contribution is 5.86. The lowest BCUT2D eigenvalue weighted by Gasteiger charge is -2.44. The number of carbonyl (C=O) groups excluding carboxylic acids is 1. The monoisotopic (exact) mass is 158 g/mol. The summed E-state index contributed by atoms with van der Waals surface area (Å²) < 4.78 is 10.5. The number of ether oxygens (including phenoxy) is 2. The van der Waals surface area contributed by atoms with Crippen LogP contribution in [0.2, 0.25) is 0 Å². The molecule has 1 rings (SSSR count). The number of rotatable bonds is 3. The molecule has 1 aliphatic heterocycles. The Morgan fingerprint density at radius 3 is 2.73 bits per heavy atom. The Labute approximate surface area is 66.7 Å². The first-order chi connectivity index (χ1) is 5.11. The molecule has 0 saturated carbocycles. The minimum Gasteiger partial charge on any atom is -0.373 e. The van der Waals surface area contributed by atoms with E-state index in [1.807, 2.05) is 6.92 Å². The van der Waals surface area contributed by atoms with Gasteiger partial charge in [0.2, 0.25) is 0 Å². The van der Waals surface area contributed by atoms with Gasteiger partial charge in [-0.2, -0.15) is 0 Å². The van der Waals surface area contributed by atoms with Gasteiger partial charge in [-0.1, -0.05) is 0 Å². The first kappa shape index (κ1) is 8.68. The summed E-state index contributed by atoms with van der Waals surface area (Å²) in [7, 11) is 0. The number of ketones is 1. The second kappa shape index (κ2) is 2.91. The Morgan fingerprint density at radius 2 is 2.45 bits per heavy atom. The standard InChI is InChI=1S/C8H14O3/c1-4-10-7-5-11-8(7,3)6(2)9/h7H,4-5H2,1-3H3/t7-,8+/m1/s1. The van der Waals surface area contributed by atoms with Crippen molar-refractivity contribution in [3.63, 3.8) is 0 Å². The van der Waals surface area contributed by atoms with Crippen LogP contribution in [0, 0.1) is 0 Å². The Bertz CT molecular complexity index is 167. The Kier molecular flexibility index (Phi) is 2.30. The van der Waals surface area contributed by atoms with Crippen molar-refractivity contribution in [3.05, 3.63) is 0 Å².